The van der Waals surface area contributed by atoms with E-state index < -0.39 is 11.4 Å². The topological polar surface area (TPSA) is 93.5 Å². The van der Waals surface area contributed by atoms with Crippen molar-refractivity contribution in [1.29, 1.82) is 5.41 Å². The van der Waals surface area contributed by atoms with Crippen LogP contribution in [0.1, 0.15) is 46.5 Å². The Kier molecular flexibility index (Phi) is 5.53. The molecular weight excluding hydrogens is 258 g/mol. The van der Waals surface area contributed by atoms with E-state index in [0.29, 0.717) is 18.7 Å². The van der Waals surface area contributed by atoms with Gasteiger partial charge in [-0.2, -0.15) is 0 Å². The number of likely N-dealkylation sites (tertiary alicyclic amines) is 1. The highest BCUT2D eigenvalue weighted by Crippen LogP contribution is 2.27. The summed E-state index contributed by atoms with van der Waals surface area (Å²) < 4.78 is 0. The summed E-state index contributed by atoms with van der Waals surface area (Å²) in [7, 11) is 0. The smallest absolute Gasteiger partial charge is 0.305 e. The van der Waals surface area contributed by atoms with Gasteiger partial charge in [0.05, 0.1) is 12.3 Å². The predicted molar refractivity (Wildman–Crippen MR) is 76.8 cm³/mol. The summed E-state index contributed by atoms with van der Waals surface area (Å²) in [5.74, 6) is -0.352. The molecule has 1 amide bonds. The molecule has 0 bridgehead atoms. The van der Waals surface area contributed by atoms with E-state index in [-0.39, 0.29) is 24.9 Å². The van der Waals surface area contributed by atoms with Crippen molar-refractivity contribution in [2.75, 3.05) is 13.1 Å². The molecule has 6 heteroatoms. The monoisotopic (exact) mass is 283 g/mol. The van der Waals surface area contributed by atoms with E-state index in [4.69, 9.17) is 10.5 Å². The second-order valence-corrected chi connectivity index (χ2v) is 6.07. The van der Waals surface area contributed by atoms with Crippen LogP contribution >= 0.6 is 0 Å². The fourth-order valence-corrected chi connectivity index (χ4v) is 2.62. The highest BCUT2D eigenvalue weighted by atomic mass is 16.4. The first-order valence-electron chi connectivity index (χ1n) is 7.08. The summed E-state index contributed by atoms with van der Waals surface area (Å²) in [6, 6.07) is 0.0987. The van der Waals surface area contributed by atoms with E-state index in [1.807, 2.05) is 25.7 Å². The summed E-state index contributed by atoms with van der Waals surface area (Å²) in [5, 5.41) is 19.5. The first-order chi connectivity index (χ1) is 9.24. The van der Waals surface area contributed by atoms with Crippen molar-refractivity contribution in [3.8, 4) is 0 Å². The lowest BCUT2D eigenvalue weighted by molar-refractivity contribution is -0.136. The van der Waals surface area contributed by atoms with E-state index in [0.717, 1.165) is 13.0 Å². The molecule has 0 aromatic rings. The number of nitrogens with zero attached hydrogens (tertiary/aromatic N) is 1. The zero-order valence-corrected chi connectivity index (χ0v) is 12.5. The van der Waals surface area contributed by atoms with E-state index in [9.17, 15) is 9.59 Å². The normalized spacial score (nSPS) is 17.1. The lowest BCUT2D eigenvalue weighted by atomic mass is 9.84. The molecule has 1 rings (SSSR count). The molecule has 6 nitrogen and oxygen atoms in total. The number of amides is 1. The lowest BCUT2D eigenvalue weighted by Gasteiger charge is -2.33. The first kappa shape index (κ1) is 16.5. The van der Waals surface area contributed by atoms with Gasteiger partial charge in [0.1, 0.15) is 0 Å². The number of carboxylic acid groups (broad SMARTS) is 1. The largest absolute Gasteiger partial charge is 0.481 e. The third-order valence-electron chi connectivity index (χ3n) is 3.77. The van der Waals surface area contributed by atoms with Crippen LogP contribution in [-0.4, -0.2) is 46.8 Å². The van der Waals surface area contributed by atoms with Crippen LogP contribution in [0.5, 0.6) is 0 Å². The zero-order chi connectivity index (χ0) is 15.3. The van der Waals surface area contributed by atoms with Crippen LogP contribution in [0, 0.1) is 10.8 Å². The van der Waals surface area contributed by atoms with Gasteiger partial charge in [-0.15, -0.1) is 0 Å². The third-order valence-corrected chi connectivity index (χ3v) is 3.77. The Morgan fingerprint density at radius 2 is 2.20 bits per heavy atom. The van der Waals surface area contributed by atoms with Crippen LogP contribution in [0.2, 0.25) is 0 Å². The average Bonchev–Trinajstić information content (AvgIpc) is 2.74. The fourth-order valence-electron chi connectivity index (χ4n) is 2.62. The van der Waals surface area contributed by atoms with Crippen LogP contribution in [-0.2, 0) is 9.59 Å². The Morgan fingerprint density at radius 1 is 1.55 bits per heavy atom. The summed E-state index contributed by atoms with van der Waals surface area (Å²) in [6.45, 7) is 6.96. The maximum absolute atomic E-state index is 11.7. The van der Waals surface area contributed by atoms with Crippen LogP contribution < -0.4 is 5.32 Å². The van der Waals surface area contributed by atoms with Crippen molar-refractivity contribution in [1.82, 2.24) is 10.2 Å². The maximum Gasteiger partial charge on any atom is 0.305 e. The van der Waals surface area contributed by atoms with Gasteiger partial charge < -0.3 is 15.3 Å². The number of nitrogens with one attached hydrogen (secondary N) is 2. The number of carbonyl (C=O) groups is 2. The Balaban J connectivity index is 2.48. The molecule has 0 aromatic heterocycles. The summed E-state index contributed by atoms with van der Waals surface area (Å²) in [4.78, 5) is 24.1. The molecule has 114 valence electrons. The minimum Gasteiger partial charge on any atom is -0.481 e. The lowest BCUT2D eigenvalue weighted by Crippen LogP contribution is -2.43. The van der Waals surface area contributed by atoms with Gasteiger partial charge in [0.25, 0.3) is 0 Å². The van der Waals surface area contributed by atoms with Crippen LogP contribution in [0.3, 0.4) is 0 Å². The molecule has 1 fully saturated rings. The van der Waals surface area contributed by atoms with Gasteiger partial charge in [-0.1, -0.05) is 13.8 Å². The van der Waals surface area contributed by atoms with Crippen LogP contribution in [0.25, 0.3) is 0 Å². The van der Waals surface area contributed by atoms with Crippen molar-refractivity contribution in [2.24, 2.45) is 5.41 Å². The maximum atomic E-state index is 11.7. The molecule has 0 spiro atoms. The molecule has 3 N–H and O–H groups in total. The van der Waals surface area contributed by atoms with Crippen molar-refractivity contribution >= 4 is 17.7 Å². The number of hydrogen-bond donors (Lipinski definition) is 3. The van der Waals surface area contributed by atoms with Crippen molar-refractivity contribution in [3.63, 3.8) is 0 Å². The Labute approximate surface area is 120 Å². The second kappa shape index (κ2) is 6.72. The van der Waals surface area contributed by atoms with Gasteiger partial charge in [0.2, 0.25) is 5.91 Å². The number of carboxylic acids is 1. The van der Waals surface area contributed by atoms with Gasteiger partial charge in [-0.25, -0.2) is 0 Å². The standard InChI is InChI=1S/C14H25N3O3/c1-10(17-8-4-5-11(17)18)9-14(2,3)13(15)16-7-6-12(19)20/h10H,4-9H2,1-3H3,(H2,15,16)(H,19,20). The summed E-state index contributed by atoms with van der Waals surface area (Å²) >= 11 is 0. The highest BCUT2D eigenvalue weighted by Gasteiger charge is 2.32. The van der Waals surface area contributed by atoms with Crippen LogP contribution in [0.15, 0.2) is 0 Å². The van der Waals surface area contributed by atoms with Crippen LogP contribution in [0.4, 0.5) is 0 Å². The van der Waals surface area contributed by atoms with Gasteiger partial charge in [-0.3, -0.25) is 15.0 Å². The number of amidine groups is 1. The molecule has 1 heterocycles. The van der Waals surface area contributed by atoms with Gasteiger partial charge in [0, 0.05) is 31.0 Å². The molecular formula is C14H25N3O3. The van der Waals surface area contributed by atoms with E-state index in [1.165, 1.54) is 0 Å². The Morgan fingerprint density at radius 3 is 2.70 bits per heavy atom. The highest BCUT2D eigenvalue weighted by molar-refractivity contribution is 5.85. The SMILES string of the molecule is CC(CC(C)(C)C(=N)NCCC(=O)O)N1CCCC1=O. The Hall–Kier alpha value is -1.59. The molecule has 1 saturated heterocycles. The minimum absolute atomic E-state index is 0.00136. The predicted octanol–water partition coefficient (Wildman–Crippen LogP) is 1.46. The molecule has 1 atom stereocenters. The number of hydrogen-bond acceptors (Lipinski definition) is 3. The summed E-state index contributed by atoms with van der Waals surface area (Å²) in [6.07, 6.45) is 2.23. The number of aliphatic carboxylic acids is 1. The molecule has 0 saturated carbocycles. The minimum atomic E-state index is -0.876. The molecule has 0 radical (unpaired) electrons. The number of rotatable bonds is 7. The molecule has 20 heavy (non-hydrogen) atoms. The first-order valence-corrected chi connectivity index (χ1v) is 7.08. The summed E-state index contributed by atoms with van der Waals surface area (Å²) in [5.41, 5.74) is -0.402. The second-order valence-electron chi connectivity index (χ2n) is 6.07. The van der Waals surface area contributed by atoms with Crippen molar-refractivity contribution in [3.05, 3.63) is 0 Å². The molecule has 0 aromatic carbocycles. The van der Waals surface area contributed by atoms with Gasteiger partial charge in [0.15, 0.2) is 0 Å². The van der Waals surface area contributed by atoms with Gasteiger partial charge in [-0.05, 0) is 19.8 Å². The molecule has 1 aliphatic heterocycles. The quantitative estimate of drug-likeness (QED) is 0.487. The molecule has 1 aliphatic rings. The van der Waals surface area contributed by atoms with Crippen molar-refractivity contribution < 1.29 is 14.7 Å². The van der Waals surface area contributed by atoms with E-state index >= 15 is 0 Å². The molecule has 1 unspecified atom stereocenters. The van der Waals surface area contributed by atoms with E-state index in [1.54, 1.807) is 0 Å². The average molecular weight is 283 g/mol. The van der Waals surface area contributed by atoms with E-state index in [2.05, 4.69) is 5.32 Å². The van der Waals surface area contributed by atoms with Crippen molar-refractivity contribution in [2.45, 2.75) is 52.5 Å². The Bertz CT molecular complexity index is 393. The fraction of sp³-hybridized carbons (Fsp3) is 0.786. The zero-order valence-electron chi connectivity index (χ0n) is 12.5. The molecule has 0 aliphatic carbocycles. The van der Waals surface area contributed by atoms with Gasteiger partial charge >= 0.3 is 5.97 Å². The number of carbonyl (C=O) groups excluding carboxylic acids is 1. The third kappa shape index (κ3) is 4.51.